The lowest BCUT2D eigenvalue weighted by atomic mass is 9.98. The Hall–Kier alpha value is -3.06. The van der Waals surface area contributed by atoms with Crippen LogP contribution in [0.15, 0.2) is 53.7 Å². The van der Waals surface area contributed by atoms with Crippen LogP contribution in [0.4, 0.5) is 4.79 Å². The zero-order valence-electron chi connectivity index (χ0n) is 18.3. The van der Waals surface area contributed by atoms with Crippen molar-refractivity contribution in [2.45, 2.75) is 51.2 Å². The van der Waals surface area contributed by atoms with Gasteiger partial charge in [0.05, 0.1) is 6.04 Å². The number of nitrogens with one attached hydrogen (secondary N) is 1. The molecule has 2 aromatic carbocycles. The van der Waals surface area contributed by atoms with E-state index >= 15 is 0 Å². The number of alkyl carbamates (subject to hydrolysis) is 1. The van der Waals surface area contributed by atoms with Gasteiger partial charge in [0, 0.05) is 12.3 Å². The molecule has 32 heavy (non-hydrogen) atoms. The Kier molecular flexibility index (Phi) is 7.40. The van der Waals surface area contributed by atoms with E-state index in [0.717, 1.165) is 22.3 Å². The fourth-order valence-electron chi connectivity index (χ4n) is 3.76. The average molecular weight is 459 g/mol. The third kappa shape index (κ3) is 5.79. The van der Waals surface area contributed by atoms with Crippen molar-refractivity contribution in [2.75, 3.05) is 6.61 Å². The summed E-state index contributed by atoms with van der Waals surface area (Å²) < 4.78 is 10.8. The van der Waals surface area contributed by atoms with Gasteiger partial charge in [-0.3, -0.25) is 4.79 Å². The Morgan fingerprint density at radius 2 is 1.66 bits per heavy atom. The van der Waals surface area contributed by atoms with Gasteiger partial charge < -0.3 is 20.0 Å². The maximum atomic E-state index is 12.5. The summed E-state index contributed by atoms with van der Waals surface area (Å²) in [5.41, 5.74) is 3.82. The molecule has 0 saturated heterocycles. The van der Waals surface area contributed by atoms with Gasteiger partial charge in [0.1, 0.15) is 12.2 Å². The van der Waals surface area contributed by atoms with Gasteiger partial charge in [-0.1, -0.05) is 65.3 Å². The van der Waals surface area contributed by atoms with E-state index in [9.17, 15) is 9.59 Å². The molecular formula is C24H27ClN2O5. The molecule has 0 aromatic heterocycles. The largest absolute Gasteiger partial charge is 0.460 e. The van der Waals surface area contributed by atoms with Crippen LogP contribution in [0.5, 0.6) is 0 Å². The molecule has 1 aliphatic rings. The first-order chi connectivity index (χ1) is 15.2. The summed E-state index contributed by atoms with van der Waals surface area (Å²) in [7, 11) is 0. The van der Waals surface area contributed by atoms with Crippen LogP contribution in [-0.4, -0.2) is 40.7 Å². The predicted molar refractivity (Wildman–Crippen MR) is 122 cm³/mol. The minimum atomic E-state index is -0.884. The van der Waals surface area contributed by atoms with Gasteiger partial charge in [-0.25, -0.2) is 4.79 Å². The first-order valence-corrected chi connectivity index (χ1v) is 10.8. The van der Waals surface area contributed by atoms with Crippen LogP contribution in [0.2, 0.25) is 0 Å². The summed E-state index contributed by atoms with van der Waals surface area (Å²) in [6, 6.07) is 15.2. The number of esters is 1. The van der Waals surface area contributed by atoms with E-state index < -0.39 is 23.7 Å². The highest BCUT2D eigenvalue weighted by Crippen LogP contribution is 2.44. The second kappa shape index (κ2) is 10.0. The average Bonchev–Trinajstić information content (AvgIpc) is 3.07. The molecule has 0 radical (unpaired) electrons. The standard InChI is InChI=1S/C24H27ClN2O5/c1-24(2,3)32-21(28)13-12-20(22(25)27-30)26-23(29)31-14-19-17-10-6-4-8-15(17)16-9-5-7-11-18(16)19/h4-11,19-20,30H,12-14H2,1-3H3,(H,26,29)/t20-/m0/s1. The fourth-order valence-corrected chi connectivity index (χ4v) is 3.92. The van der Waals surface area contributed by atoms with Crippen molar-refractivity contribution < 1.29 is 24.3 Å². The van der Waals surface area contributed by atoms with Crippen LogP contribution in [0, 0.1) is 0 Å². The normalized spacial score (nSPS) is 14.3. The summed E-state index contributed by atoms with van der Waals surface area (Å²) in [6.45, 7) is 5.42. The fraction of sp³-hybridized carbons (Fsp3) is 0.375. The lowest BCUT2D eigenvalue weighted by Gasteiger charge is -2.21. The molecule has 0 unspecified atom stereocenters. The van der Waals surface area contributed by atoms with Crippen molar-refractivity contribution in [2.24, 2.45) is 5.16 Å². The molecule has 2 N–H and O–H groups in total. The Bertz CT molecular complexity index is 970. The second-order valence-electron chi connectivity index (χ2n) is 8.57. The summed E-state index contributed by atoms with van der Waals surface area (Å²) in [4.78, 5) is 24.5. The summed E-state index contributed by atoms with van der Waals surface area (Å²) >= 11 is 5.93. The Balaban J connectivity index is 1.62. The molecule has 1 amide bonds. The maximum Gasteiger partial charge on any atom is 0.407 e. The molecule has 7 nitrogen and oxygen atoms in total. The minimum Gasteiger partial charge on any atom is -0.460 e. The van der Waals surface area contributed by atoms with Crippen LogP contribution >= 0.6 is 11.6 Å². The number of amides is 1. The highest BCUT2D eigenvalue weighted by Gasteiger charge is 2.29. The molecule has 0 bridgehead atoms. The highest BCUT2D eigenvalue weighted by molar-refractivity contribution is 6.66. The molecule has 8 heteroatoms. The van der Waals surface area contributed by atoms with Gasteiger partial charge >= 0.3 is 12.1 Å². The van der Waals surface area contributed by atoms with E-state index in [1.165, 1.54) is 0 Å². The smallest absolute Gasteiger partial charge is 0.407 e. The number of oxime groups is 1. The molecule has 0 heterocycles. The van der Waals surface area contributed by atoms with Crippen LogP contribution < -0.4 is 5.32 Å². The van der Waals surface area contributed by atoms with Crippen LogP contribution in [0.1, 0.15) is 50.7 Å². The third-order valence-corrected chi connectivity index (χ3v) is 5.41. The van der Waals surface area contributed by atoms with Gasteiger partial charge in [0.15, 0.2) is 5.17 Å². The van der Waals surface area contributed by atoms with E-state index in [-0.39, 0.29) is 30.5 Å². The molecule has 1 aliphatic carbocycles. The molecule has 2 aromatic rings. The monoisotopic (exact) mass is 458 g/mol. The number of carbonyl (C=O) groups is 2. The lowest BCUT2D eigenvalue weighted by Crippen LogP contribution is -2.40. The number of rotatable bonds is 7. The molecule has 1 atom stereocenters. The van der Waals surface area contributed by atoms with E-state index in [0.29, 0.717) is 0 Å². The summed E-state index contributed by atoms with van der Waals surface area (Å²) in [5.74, 6) is -0.533. The summed E-state index contributed by atoms with van der Waals surface area (Å²) in [5, 5.41) is 14.3. The van der Waals surface area contributed by atoms with Crippen LogP contribution in [0.25, 0.3) is 11.1 Å². The molecule has 3 rings (SSSR count). The van der Waals surface area contributed by atoms with Gasteiger partial charge in [0.2, 0.25) is 0 Å². The Morgan fingerprint density at radius 1 is 1.09 bits per heavy atom. The number of carbonyl (C=O) groups excluding carboxylic acids is 2. The number of ether oxygens (including phenoxy) is 2. The van der Waals surface area contributed by atoms with E-state index in [2.05, 4.69) is 22.6 Å². The SMILES string of the molecule is CC(C)(C)OC(=O)CC[C@H](NC(=O)OCC1c2ccccc2-c2ccccc21)C(Cl)=NO. The van der Waals surface area contributed by atoms with E-state index in [1.807, 2.05) is 36.4 Å². The zero-order chi connectivity index (χ0) is 23.3. The number of hydrogen-bond donors (Lipinski definition) is 2. The zero-order valence-corrected chi connectivity index (χ0v) is 19.1. The van der Waals surface area contributed by atoms with Gasteiger partial charge in [-0.2, -0.15) is 0 Å². The molecule has 0 spiro atoms. The van der Waals surface area contributed by atoms with Crippen molar-refractivity contribution in [1.82, 2.24) is 5.32 Å². The number of hydrogen-bond acceptors (Lipinski definition) is 6. The Morgan fingerprint density at radius 3 is 2.19 bits per heavy atom. The number of fused-ring (bicyclic) bond motifs is 3. The van der Waals surface area contributed by atoms with Gasteiger partial charge in [0.25, 0.3) is 0 Å². The predicted octanol–water partition coefficient (Wildman–Crippen LogP) is 5.04. The van der Waals surface area contributed by atoms with Crippen LogP contribution in [-0.2, 0) is 14.3 Å². The minimum absolute atomic E-state index is 0.0165. The molecule has 0 aliphatic heterocycles. The lowest BCUT2D eigenvalue weighted by molar-refractivity contribution is -0.154. The number of halogens is 1. The van der Waals surface area contributed by atoms with Crippen molar-refractivity contribution in [3.05, 3.63) is 59.7 Å². The first-order valence-electron chi connectivity index (χ1n) is 10.4. The second-order valence-corrected chi connectivity index (χ2v) is 8.96. The van der Waals surface area contributed by atoms with Crippen molar-refractivity contribution in [3.8, 4) is 11.1 Å². The van der Waals surface area contributed by atoms with Crippen LogP contribution in [0.3, 0.4) is 0 Å². The molecular weight excluding hydrogens is 432 g/mol. The van der Waals surface area contributed by atoms with Crippen molar-refractivity contribution in [3.63, 3.8) is 0 Å². The molecule has 0 saturated carbocycles. The number of benzene rings is 2. The van der Waals surface area contributed by atoms with E-state index in [4.69, 9.17) is 26.3 Å². The topological polar surface area (TPSA) is 97.2 Å². The molecule has 0 fully saturated rings. The quantitative estimate of drug-likeness (QED) is 0.262. The molecule has 170 valence electrons. The van der Waals surface area contributed by atoms with E-state index in [1.54, 1.807) is 20.8 Å². The highest BCUT2D eigenvalue weighted by atomic mass is 35.5. The van der Waals surface area contributed by atoms with Crippen molar-refractivity contribution in [1.29, 1.82) is 0 Å². The summed E-state index contributed by atoms with van der Waals surface area (Å²) in [6.07, 6.45) is -0.637. The van der Waals surface area contributed by atoms with Gasteiger partial charge in [-0.15, -0.1) is 0 Å². The first kappa shape index (κ1) is 23.6. The number of nitrogens with zero attached hydrogens (tertiary/aromatic N) is 1. The maximum absolute atomic E-state index is 12.5. The third-order valence-electron chi connectivity index (χ3n) is 5.08. The van der Waals surface area contributed by atoms with Gasteiger partial charge in [-0.05, 0) is 49.4 Å². The van der Waals surface area contributed by atoms with Crippen molar-refractivity contribution >= 4 is 28.8 Å². The Labute approximate surface area is 192 Å².